The number of hydrogen-bond donors (Lipinski definition) is 3. The molecule has 2 amide bonds. The normalized spacial score (nSPS) is 21.4. The van der Waals surface area contributed by atoms with Gasteiger partial charge in [0.25, 0.3) is 0 Å². The SMILES string of the molecule is CCCCN1C(=O)[C@@H]([C@H](O)C2CC2)NC(=O)C12CCN(Cc1ccc(Oc3ccc(C(=O)O)cc3)cc1)CC2.Cl. The summed E-state index contributed by atoms with van der Waals surface area (Å²) >= 11 is 0. The highest BCUT2D eigenvalue weighted by Crippen LogP contribution is 2.39. The number of carboxylic acid groups (broad SMARTS) is 1. The van der Waals surface area contributed by atoms with Crippen LogP contribution in [0.15, 0.2) is 48.5 Å². The summed E-state index contributed by atoms with van der Waals surface area (Å²) < 4.78 is 5.84. The first-order chi connectivity index (χ1) is 18.8. The van der Waals surface area contributed by atoms with E-state index in [4.69, 9.17) is 9.84 Å². The Morgan fingerprint density at radius 1 is 1.05 bits per heavy atom. The van der Waals surface area contributed by atoms with Crippen LogP contribution in [0.2, 0.25) is 0 Å². The maximum atomic E-state index is 13.5. The van der Waals surface area contributed by atoms with Crippen LogP contribution >= 0.6 is 12.4 Å². The summed E-state index contributed by atoms with van der Waals surface area (Å²) in [5, 5.41) is 22.6. The maximum Gasteiger partial charge on any atom is 0.335 e. The van der Waals surface area contributed by atoms with Crippen LogP contribution in [0.3, 0.4) is 0 Å². The number of aliphatic hydroxyl groups is 1. The van der Waals surface area contributed by atoms with Gasteiger partial charge in [-0.1, -0.05) is 25.5 Å². The number of aromatic carboxylic acids is 1. The minimum absolute atomic E-state index is 0. The number of ether oxygens (including phenoxy) is 1. The average Bonchev–Trinajstić information content (AvgIpc) is 3.79. The smallest absolute Gasteiger partial charge is 0.335 e. The zero-order valence-electron chi connectivity index (χ0n) is 22.8. The quantitative estimate of drug-likeness (QED) is 0.396. The lowest BCUT2D eigenvalue weighted by Crippen LogP contribution is -2.74. The fourth-order valence-electron chi connectivity index (χ4n) is 5.72. The highest BCUT2D eigenvalue weighted by atomic mass is 35.5. The Hall–Kier alpha value is -3.14. The van der Waals surface area contributed by atoms with Crippen molar-refractivity contribution in [2.24, 2.45) is 5.92 Å². The van der Waals surface area contributed by atoms with Crippen molar-refractivity contribution in [1.82, 2.24) is 15.1 Å². The van der Waals surface area contributed by atoms with Crippen LogP contribution in [0, 0.1) is 5.92 Å². The van der Waals surface area contributed by atoms with Crippen molar-refractivity contribution in [2.75, 3.05) is 19.6 Å². The van der Waals surface area contributed by atoms with Gasteiger partial charge in [-0.15, -0.1) is 12.4 Å². The third-order valence-corrected chi connectivity index (χ3v) is 8.29. The molecule has 2 atom stereocenters. The van der Waals surface area contributed by atoms with Crippen molar-refractivity contribution < 1.29 is 29.3 Å². The summed E-state index contributed by atoms with van der Waals surface area (Å²) in [7, 11) is 0. The van der Waals surface area contributed by atoms with E-state index in [-0.39, 0.29) is 35.7 Å². The van der Waals surface area contributed by atoms with E-state index in [2.05, 4.69) is 17.1 Å². The first-order valence-corrected chi connectivity index (χ1v) is 13.9. The number of carbonyl (C=O) groups excluding carboxylic acids is 2. The van der Waals surface area contributed by atoms with E-state index >= 15 is 0 Å². The molecule has 1 saturated carbocycles. The zero-order chi connectivity index (χ0) is 27.6. The molecular weight excluding hydrogens is 534 g/mol. The van der Waals surface area contributed by atoms with E-state index < -0.39 is 23.7 Å². The molecule has 2 saturated heterocycles. The topological polar surface area (TPSA) is 119 Å². The second-order valence-electron chi connectivity index (χ2n) is 11.0. The van der Waals surface area contributed by atoms with E-state index in [1.165, 1.54) is 12.1 Å². The number of rotatable bonds is 10. The lowest BCUT2D eigenvalue weighted by molar-refractivity contribution is -0.165. The summed E-state index contributed by atoms with van der Waals surface area (Å²) in [4.78, 5) is 42.1. The van der Waals surface area contributed by atoms with Crippen LogP contribution in [-0.4, -0.2) is 75.1 Å². The van der Waals surface area contributed by atoms with Gasteiger partial charge in [-0.05, 0) is 80.0 Å². The molecule has 0 unspecified atom stereocenters. The number of nitrogens with one attached hydrogen (secondary N) is 1. The van der Waals surface area contributed by atoms with Crippen molar-refractivity contribution in [3.63, 3.8) is 0 Å². The third-order valence-electron chi connectivity index (χ3n) is 8.29. The van der Waals surface area contributed by atoms with Gasteiger partial charge < -0.3 is 25.2 Å². The van der Waals surface area contributed by atoms with E-state index in [1.807, 2.05) is 24.3 Å². The van der Waals surface area contributed by atoms with Crippen LogP contribution in [0.1, 0.15) is 61.4 Å². The molecule has 216 valence electrons. The molecule has 3 aliphatic rings. The molecule has 0 bridgehead atoms. The Balaban J connectivity index is 0.00000370. The molecule has 5 rings (SSSR count). The van der Waals surface area contributed by atoms with Crippen molar-refractivity contribution >= 4 is 30.2 Å². The van der Waals surface area contributed by atoms with Gasteiger partial charge in [0.15, 0.2) is 0 Å². The summed E-state index contributed by atoms with van der Waals surface area (Å²) in [6.45, 7) is 4.71. The zero-order valence-corrected chi connectivity index (χ0v) is 23.6. The van der Waals surface area contributed by atoms with Gasteiger partial charge in [0.05, 0.1) is 11.7 Å². The molecule has 40 heavy (non-hydrogen) atoms. The summed E-state index contributed by atoms with van der Waals surface area (Å²) in [5.41, 5.74) is 0.468. The first kappa shape index (κ1) is 29.8. The fourth-order valence-corrected chi connectivity index (χ4v) is 5.72. The minimum atomic E-state index is -0.976. The highest BCUT2D eigenvalue weighted by molar-refractivity contribution is 6.00. The number of likely N-dealkylation sites (tertiary alicyclic amines) is 1. The first-order valence-electron chi connectivity index (χ1n) is 13.9. The second kappa shape index (κ2) is 12.6. The molecule has 1 aliphatic carbocycles. The van der Waals surface area contributed by atoms with Crippen LogP contribution in [0.4, 0.5) is 0 Å². The Morgan fingerprint density at radius 2 is 1.65 bits per heavy atom. The van der Waals surface area contributed by atoms with Crippen LogP contribution in [-0.2, 0) is 16.1 Å². The molecule has 2 aliphatic heterocycles. The van der Waals surface area contributed by atoms with Crippen molar-refractivity contribution in [3.8, 4) is 11.5 Å². The third kappa shape index (κ3) is 6.27. The van der Waals surface area contributed by atoms with E-state index in [0.29, 0.717) is 44.0 Å². The minimum Gasteiger partial charge on any atom is -0.478 e. The fraction of sp³-hybridized carbons (Fsp3) is 0.500. The Kier molecular flexibility index (Phi) is 9.38. The van der Waals surface area contributed by atoms with Gasteiger partial charge in [0.2, 0.25) is 11.8 Å². The predicted molar refractivity (Wildman–Crippen MR) is 152 cm³/mol. The monoisotopic (exact) mass is 571 g/mol. The summed E-state index contributed by atoms with van der Waals surface area (Å²) in [6, 6.07) is 13.2. The summed E-state index contributed by atoms with van der Waals surface area (Å²) in [5.74, 6) is 0.0951. The lowest BCUT2D eigenvalue weighted by Gasteiger charge is -2.52. The number of unbranched alkanes of at least 4 members (excludes halogenated alkanes) is 1. The van der Waals surface area contributed by atoms with E-state index in [0.717, 1.165) is 37.8 Å². The number of piperidine rings is 1. The maximum absolute atomic E-state index is 13.5. The molecule has 9 nitrogen and oxygen atoms in total. The Morgan fingerprint density at radius 3 is 2.20 bits per heavy atom. The van der Waals surface area contributed by atoms with Gasteiger partial charge in [-0.25, -0.2) is 4.79 Å². The molecule has 3 N–H and O–H groups in total. The number of nitrogens with zero attached hydrogens (tertiary/aromatic N) is 2. The van der Waals surface area contributed by atoms with Crippen molar-refractivity contribution in [3.05, 3.63) is 59.7 Å². The molecule has 2 heterocycles. The van der Waals surface area contributed by atoms with Crippen LogP contribution < -0.4 is 10.1 Å². The second-order valence-corrected chi connectivity index (χ2v) is 11.0. The molecule has 10 heteroatoms. The number of benzene rings is 2. The van der Waals surface area contributed by atoms with Gasteiger partial charge in [-0.2, -0.15) is 0 Å². The molecule has 3 fully saturated rings. The van der Waals surface area contributed by atoms with Crippen LogP contribution in [0.25, 0.3) is 0 Å². The Bertz CT molecular complexity index is 1190. The summed E-state index contributed by atoms with van der Waals surface area (Å²) in [6.07, 6.45) is 3.89. The van der Waals surface area contributed by atoms with Crippen molar-refractivity contribution in [1.29, 1.82) is 0 Å². The number of halogens is 1. The van der Waals surface area contributed by atoms with E-state index in [1.54, 1.807) is 17.0 Å². The number of aliphatic hydroxyl groups excluding tert-OH is 1. The number of carboxylic acids is 1. The number of hydrogen-bond acceptors (Lipinski definition) is 6. The number of carbonyl (C=O) groups is 3. The lowest BCUT2D eigenvalue weighted by atomic mass is 9.80. The van der Waals surface area contributed by atoms with Gasteiger partial charge in [0, 0.05) is 26.2 Å². The largest absolute Gasteiger partial charge is 0.478 e. The van der Waals surface area contributed by atoms with Gasteiger partial charge in [-0.3, -0.25) is 14.5 Å². The predicted octanol–water partition coefficient (Wildman–Crippen LogP) is 3.83. The number of piperazine rings is 1. The van der Waals surface area contributed by atoms with Gasteiger partial charge >= 0.3 is 5.97 Å². The highest BCUT2D eigenvalue weighted by Gasteiger charge is 2.55. The molecule has 2 aromatic carbocycles. The molecular formula is C30H38ClN3O6. The van der Waals surface area contributed by atoms with Crippen LogP contribution in [0.5, 0.6) is 11.5 Å². The van der Waals surface area contributed by atoms with Gasteiger partial charge in [0.1, 0.15) is 23.1 Å². The molecule has 0 radical (unpaired) electrons. The van der Waals surface area contributed by atoms with Crippen molar-refractivity contribution in [2.45, 2.75) is 69.7 Å². The molecule has 2 aromatic rings. The standard InChI is InChI=1S/C30H37N3O6.ClH/c1-2-3-16-33-27(35)25(26(34)21-6-7-21)31-29(38)30(33)14-17-32(18-15-30)19-20-4-10-23(11-5-20)39-24-12-8-22(9-13-24)28(36)37;/h4-5,8-13,21,25-26,34H,2-3,6-7,14-19H2,1H3,(H,31,38)(H,36,37);1H/t25-,26-;/m1./s1. The average molecular weight is 572 g/mol. The molecule has 1 spiro atoms. The Labute approximate surface area is 240 Å². The molecule has 0 aromatic heterocycles. The van der Waals surface area contributed by atoms with E-state index in [9.17, 15) is 19.5 Å². The number of amides is 2.